The van der Waals surface area contributed by atoms with Crippen molar-refractivity contribution < 1.29 is 4.79 Å². The Morgan fingerprint density at radius 3 is 3.00 bits per heavy atom. The lowest BCUT2D eigenvalue weighted by atomic mass is 9.96. The maximum atomic E-state index is 11.5. The van der Waals surface area contributed by atoms with Crippen LogP contribution in [0.2, 0.25) is 0 Å². The lowest BCUT2D eigenvalue weighted by Gasteiger charge is -2.17. The fraction of sp³-hybridized carbons (Fsp3) is 0.727. The van der Waals surface area contributed by atoms with Crippen LogP contribution in [0.5, 0.6) is 0 Å². The van der Waals surface area contributed by atoms with Gasteiger partial charge in [-0.15, -0.1) is 0 Å². The van der Waals surface area contributed by atoms with Crippen LogP contribution in [-0.2, 0) is 4.79 Å². The highest BCUT2D eigenvalue weighted by atomic mass is 32.2. The number of ketones is 1. The van der Waals surface area contributed by atoms with Gasteiger partial charge in [0.15, 0.2) is 5.78 Å². The van der Waals surface area contributed by atoms with Crippen LogP contribution < -0.4 is 0 Å². The molecule has 1 aliphatic carbocycles. The molecule has 0 fully saturated rings. The van der Waals surface area contributed by atoms with Crippen molar-refractivity contribution in [3.8, 4) is 0 Å². The summed E-state index contributed by atoms with van der Waals surface area (Å²) in [5.41, 5.74) is 1.07. The number of hydrogen-bond donors (Lipinski definition) is 0. The minimum absolute atomic E-state index is 0.377. The smallest absolute Gasteiger partial charge is 0.159 e. The van der Waals surface area contributed by atoms with Crippen molar-refractivity contribution in [3.63, 3.8) is 0 Å². The van der Waals surface area contributed by atoms with Crippen molar-refractivity contribution in [1.82, 2.24) is 0 Å². The van der Waals surface area contributed by atoms with Crippen LogP contribution in [0, 0.1) is 0 Å². The number of hydrogen-bond acceptors (Lipinski definition) is 2. The van der Waals surface area contributed by atoms with Crippen molar-refractivity contribution in [2.75, 3.05) is 5.75 Å². The largest absolute Gasteiger partial charge is 0.295 e. The van der Waals surface area contributed by atoms with Gasteiger partial charge in [0.25, 0.3) is 0 Å². The predicted molar refractivity (Wildman–Crippen MR) is 59.2 cm³/mol. The molecule has 0 saturated carbocycles. The van der Waals surface area contributed by atoms with Crippen molar-refractivity contribution in [3.05, 3.63) is 11.6 Å². The molecule has 1 atom stereocenters. The van der Waals surface area contributed by atoms with Gasteiger partial charge in [-0.2, -0.15) is 11.8 Å². The van der Waals surface area contributed by atoms with Crippen LogP contribution in [0.15, 0.2) is 11.6 Å². The summed E-state index contributed by atoms with van der Waals surface area (Å²) in [6, 6.07) is 0. The third kappa shape index (κ3) is 3.18. The molecule has 0 saturated heterocycles. The van der Waals surface area contributed by atoms with E-state index in [0.29, 0.717) is 11.0 Å². The zero-order valence-corrected chi connectivity index (χ0v) is 9.32. The Bertz CT molecular complexity index is 208. The summed E-state index contributed by atoms with van der Waals surface area (Å²) in [7, 11) is 0. The van der Waals surface area contributed by atoms with Gasteiger partial charge in [-0.3, -0.25) is 4.79 Å². The Morgan fingerprint density at radius 2 is 2.38 bits per heavy atom. The molecule has 0 aromatic carbocycles. The number of carbonyl (C=O) groups is 1. The normalized spacial score (nSPS) is 19.8. The summed E-state index contributed by atoms with van der Waals surface area (Å²) < 4.78 is 0. The van der Waals surface area contributed by atoms with Gasteiger partial charge in [0.2, 0.25) is 0 Å². The summed E-state index contributed by atoms with van der Waals surface area (Å²) in [6.07, 6.45) is 6.24. The standard InChI is InChI=1S/C11H18OS/c1-3-8-13-9(2)10-6-4-5-7-11(10)12/h6,9H,3-5,7-8H2,1-2H3/t9-/m0/s1. The summed E-state index contributed by atoms with van der Waals surface area (Å²) in [6.45, 7) is 4.33. The van der Waals surface area contributed by atoms with Crippen LogP contribution in [0.25, 0.3) is 0 Å². The Morgan fingerprint density at radius 1 is 1.62 bits per heavy atom. The van der Waals surface area contributed by atoms with Crippen molar-refractivity contribution >= 4 is 17.5 Å². The summed E-state index contributed by atoms with van der Waals surface area (Å²) in [4.78, 5) is 11.5. The second-order valence-electron chi connectivity index (χ2n) is 3.49. The summed E-state index contributed by atoms with van der Waals surface area (Å²) >= 11 is 1.90. The maximum Gasteiger partial charge on any atom is 0.159 e. The summed E-state index contributed by atoms with van der Waals surface area (Å²) in [5.74, 6) is 1.54. The van der Waals surface area contributed by atoms with E-state index in [4.69, 9.17) is 0 Å². The Balaban J connectivity index is 2.48. The van der Waals surface area contributed by atoms with Crippen LogP contribution >= 0.6 is 11.8 Å². The van der Waals surface area contributed by atoms with Gasteiger partial charge in [-0.1, -0.05) is 13.0 Å². The fourth-order valence-electron chi connectivity index (χ4n) is 1.56. The average Bonchev–Trinajstić information content (AvgIpc) is 2.15. The molecule has 0 heterocycles. The lowest BCUT2D eigenvalue weighted by molar-refractivity contribution is -0.116. The first-order valence-electron chi connectivity index (χ1n) is 5.10. The first-order valence-corrected chi connectivity index (χ1v) is 6.15. The quantitative estimate of drug-likeness (QED) is 0.690. The molecular weight excluding hydrogens is 180 g/mol. The Hall–Kier alpha value is -0.240. The Labute approximate surface area is 85.0 Å². The van der Waals surface area contributed by atoms with Gasteiger partial charge in [0, 0.05) is 17.2 Å². The van der Waals surface area contributed by atoms with E-state index in [-0.39, 0.29) is 0 Å². The van der Waals surface area contributed by atoms with Gasteiger partial charge in [-0.05, 0) is 31.9 Å². The molecule has 1 nitrogen and oxygen atoms in total. The first kappa shape index (κ1) is 10.8. The molecule has 0 bridgehead atoms. The molecule has 0 aromatic rings. The molecule has 1 aliphatic rings. The number of carbonyl (C=O) groups excluding carboxylic acids is 1. The Kier molecular flexibility index (Phi) is 4.57. The van der Waals surface area contributed by atoms with Crippen LogP contribution in [0.4, 0.5) is 0 Å². The van der Waals surface area contributed by atoms with E-state index in [1.54, 1.807) is 0 Å². The monoisotopic (exact) mass is 198 g/mol. The van der Waals surface area contributed by atoms with Gasteiger partial charge in [-0.25, -0.2) is 0 Å². The zero-order chi connectivity index (χ0) is 9.68. The highest BCUT2D eigenvalue weighted by Crippen LogP contribution is 2.25. The number of thioether (sulfide) groups is 1. The first-order chi connectivity index (χ1) is 6.25. The molecule has 13 heavy (non-hydrogen) atoms. The minimum Gasteiger partial charge on any atom is -0.295 e. The topological polar surface area (TPSA) is 17.1 Å². The van der Waals surface area contributed by atoms with E-state index in [1.807, 2.05) is 11.8 Å². The molecule has 0 aromatic heterocycles. The van der Waals surface area contributed by atoms with Crippen LogP contribution in [-0.4, -0.2) is 16.8 Å². The van der Waals surface area contributed by atoms with Gasteiger partial charge < -0.3 is 0 Å². The zero-order valence-electron chi connectivity index (χ0n) is 8.51. The van der Waals surface area contributed by atoms with E-state index >= 15 is 0 Å². The minimum atomic E-state index is 0.377. The molecule has 0 radical (unpaired) electrons. The average molecular weight is 198 g/mol. The SMILES string of the molecule is CCCS[C@@H](C)C1=CCCCC1=O. The van der Waals surface area contributed by atoms with E-state index < -0.39 is 0 Å². The van der Waals surface area contributed by atoms with Gasteiger partial charge in [0.05, 0.1) is 0 Å². The number of Topliss-reactive ketones (excluding diaryl/α,β-unsaturated/α-hetero) is 1. The lowest BCUT2D eigenvalue weighted by Crippen LogP contribution is -2.15. The number of allylic oxidation sites excluding steroid dienone is 1. The highest BCUT2D eigenvalue weighted by molar-refractivity contribution is 8.00. The third-order valence-corrected chi connectivity index (χ3v) is 3.70. The second kappa shape index (κ2) is 5.48. The molecule has 2 heteroatoms. The molecule has 1 rings (SSSR count). The van der Waals surface area contributed by atoms with Crippen molar-refractivity contribution in [2.45, 2.75) is 44.8 Å². The van der Waals surface area contributed by atoms with E-state index in [2.05, 4.69) is 19.9 Å². The predicted octanol–water partition coefficient (Wildman–Crippen LogP) is 3.20. The van der Waals surface area contributed by atoms with Gasteiger partial charge >= 0.3 is 0 Å². The molecule has 0 amide bonds. The van der Waals surface area contributed by atoms with Gasteiger partial charge in [0.1, 0.15) is 0 Å². The molecule has 0 N–H and O–H groups in total. The van der Waals surface area contributed by atoms with Crippen molar-refractivity contribution in [1.29, 1.82) is 0 Å². The van der Waals surface area contributed by atoms with Crippen molar-refractivity contribution in [2.24, 2.45) is 0 Å². The third-order valence-electron chi connectivity index (χ3n) is 2.30. The molecule has 0 unspecified atom stereocenters. The molecule has 74 valence electrons. The summed E-state index contributed by atoms with van der Waals surface area (Å²) in [5, 5.41) is 0.410. The maximum absolute atomic E-state index is 11.5. The second-order valence-corrected chi connectivity index (χ2v) is 4.94. The molecular formula is C11H18OS. The molecule has 0 spiro atoms. The number of rotatable bonds is 4. The van der Waals surface area contributed by atoms with E-state index in [1.165, 1.54) is 6.42 Å². The molecule has 0 aliphatic heterocycles. The highest BCUT2D eigenvalue weighted by Gasteiger charge is 2.18. The van der Waals surface area contributed by atoms with Crippen LogP contribution in [0.3, 0.4) is 0 Å². The fourth-order valence-corrected chi connectivity index (χ4v) is 2.55. The van der Waals surface area contributed by atoms with Crippen LogP contribution in [0.1, 0.15) is 39.5 Å². The van der Waals surface area contributed by atoms with E-state index in [9.17, 15) is 4.79 Å². The van der Waals surface area contributed by atoms with E-state index in [0.717, 1.165) is 30.6 Å².